The van der Waals surface area contributed by atoms with E-state index >= 15 is 0 Å². The highest BCUT2D eigenvalue weighted by atomic mass is 35.5. The number of rotatable bonds is 4. The summed E-state index contributed by atoms with van der Waals surface area (Å²) in [5.74, 6) is -5.82. The molecule has 0 aliphatic heterocycles. The molecule has 0 radical (unpaired) electrons. The minimum atomic E-state index is -4.71. The molecule has 0 aliphatic carbocycles. The maximum Gasteiger partial charge on any atom is 0.417 e. The Hall–Kier alpha value is -2.75. The summed E-state index contributed by atoms with van der Waals surface area (Å²) in [7, 11) is 0.978. The molecule has 1 aromatic carbocycles. The molecular formula is C16H9ClF6N2O2. The number of carbonyl (C=O) groups excluding carboxylic acids is 1. The van der Waals surface area contributed by atoms with E-state index < -0.39 is 57.1 Å². The van der Waals surface area contributed by atoms with Crippen LogP contribution in [0.1, 0.15) is 11.3 Å². The third kappa shape index (κ3) is 4.51. The summed E-state index contributed by atoms with van der Waals surface area (Å²) < 4.78 is 82.4. The SMILES string of the molecule is COC(=O)C(=CNc1ccc(F)c(F)c1F)c1ncc(C(F)(F)F)cc1Cl. The van der Waals surface area contributed by atoms with Gasteiger partial charge < -0.3 is 10.1 Å². The van der Waals surface area contributed by atoms with Crippen LogP contribution in [0.4, 0.5) is 32.0 Å². The van der Waals surface area contributed by atoms with Crippen molar-refractivity contribution in [3.05, 3.63) is 64.3 Å². The number of carbonyl (C=O) groups is 1. The summed E-state index contributed by atoms with van der Waals surface area (Å²) in [6, 6.07) is 2.02. The Kier molecular flexibility index (Phi) is 5.99. The fourth-order valence-electron chi connectivity index (χ4n) is 1.91. The average Bonchev–Trinajstić information content (AvgIpc) is 2.61. The number of benzene rings is 1. The number of halogens is 7. The van der Waals surface area contributed by atoms with Crippen LogP contribution in [0, 0.1) is 17.5 Å². The van der Waals surface area contributed by atoms with E-state index in [-0.39, 0.29) is 0 Å². The van der Waals surface area contributed by atoms with Crippen molar-refractivity contribution >= 4 is 28.8 Å². The zero-order valence-corrected chi connectivity index (χ0v) is 14.1. The van der Waals surface area contributed by atoms with Crippen LogP contribution in [0.15, 0.2) is 30.6 Å². The van der Waals surface area contributed by atoms with E-state index in [1.54, 1.807) is 0 Å². The second-order valence-electron chi connectivity index (χ2n) is 4.97. The number of hydrogen-bond donors (Lipinski definition) is 1. The molecule has 11 heteroatoms. The molecule has 0 aliphatic rings. The van der Waals surface area contributed by atoms with Crippen LogP contribution in [-0.2, 0) is 15.7 Å². The van der Waals surface area contributed by atoms with E-state index in [9.17, 15) is 31.1 Å². The number of methoxy groups -OCH3 is 1. The summed E-state index contributed by atoms with van der Waals surface area (Å²) in [4.78, 5) is 15.4. The van der Waals surface area contributed by atoms with E-state index in [0.29, 0.717) is 18.3 Å². The first kappa shape index (κ1) is 20.6. The molecule has 0 fully saturated rings. The predicted molar refractivity (Wildman–Crippen MR) is 84.2 cm³/mol. The van der Waals surface area contributed by atoms with Crippen molar-refractivity contribution in [1.82, 2.24) is 4.98 Å². The third-order valence-electron chi connectivity index (χ3n) is 3.24. The maximum absolute atomic E-state index is 13.7. The topological polar surface area (TPSA) is 51.2 Å². The highest BCUT2D eigenvalue weighted by Crippen LogP contribution is 2.33. The molecule has 1 aromatic heterocycles. The fraction of sp³-hybridized carbons (Fsp3) is 0.125. The van der Waals surface area contributed by atoms with Gasteiger partial charge >= 0.3 is 12.1 Å². The zero-order valence-electron chi connectivity index (χ0n) is 13.3. The Balaban J connectivity index is 2.46. The number of anilines is 1. The van der Waals surface area contributed by atoms with E-state index in [2.05, 4.69) is 15.0 Å². The largest absolute Gasteiger partial charge is 0.465 e. The molecule has 0 saturated carbocycles. The van der Waals surface area contributed by atoms with Gasteiger partial charge in [0, 0.05) is 12.4 Å². The molecule has 2 rings (SSSR count). The van der Waals surface area contributed by atoms with Crippen molar-refractivity contribution in [2.24, 2.45) is 0 Å². The van der Waals surface area contributed by atoms with Gasteiger partial charge in [-0.05, 0) is 18.2 Å². The first-order chi connectivity index (χ1) is 12.6. The number of esters is 1. The molecule has 1 heterocycles. The molecule has 0 spiro atoms. The molecule has 0 saturated heterocycles. The number of nitrogens with zero attached hydrogens (tertiary/aromatic N) is 1. The summed E-state index contributed by atoms with van der Waals surface area (Å²) in [6.45, 7) is 0. The third-order valence-corrected chi connectivity index (χ3v) is 3.52. The Bertz CT molecular complexity index is 915. The number of pyridine rings is 1. The summed E-state index contributed by atoms with van der Waals surface area (Å²) in [5.41, 5.74) is -2.56. The molecule has 0 bridgehead atoms. The second kappa shape index (κ2) is 7.87. The van der Waals surface area contributed by atoms with Gasteiger partial charge in [-0.2, -0.15) is 13.2 Å². The predicted octanol–water partition coefficient (Wildman–Crippen LogP) is 4.80. The van der Waals surface area contributed by atoms with Gasteiger partial charge in [0.2, 0.25) is 0 Å². The van der Waals surface area contributed by atoms with Crippen LogP contribution in [0.2, 0.25) is 5.02 Å². The van der Waals surface area contributed by atoms with Gasteiger partial charge in [-0.1, -0.05) is 11.6 Å². The Morgan fingerprint density at radius 3 is 2.44 bits per heavy atom. The zero-order chi connectivity index (χ0) is 20.4. The Morgan fingerprint density at radius 2 is 1.89 bits per heavy atom. The lowest BCUT2D eigenvalue weighted by Crippen LogP contribution is -2.11. The van der Waals surface area contributed by atoms with E-state index in [1.165, 1.54) is 0 Å². The Morgan fingerprint density at radius 1 is 1.22 bits per heavy atom. The second-order valence-corrected chi connectivity index (χ2v) is 5.38. The molecule has 2 aromatic rings. The lowest BCUT2D eigenvalue weighted by atomic mass is 10.1. The summed E-state index contributed by atoms with van der Waals surface area (Å²) >= 11 is 5.77. The van der Waals surface area contributed by atoms with Crippen molar-refractivity contribution in [2.45, 2.75) is 6.18 Å². The highest BCUT2D eigenvalue weighted by molar-refractivity contribution is 6.34. The van der Waals surface area contributed by atoms with E-state index in [0.717, 1.165) is 19.4 Å². The molecule has 4 nitrogen and oxygen atoms in total. The van der Waals surface area contributed by atoms with Gasteiger partial charge in [-0.25, -0.2) is 18.0 Å². The molecular weight excluding hydrogens is 402 g/mol. The van der Waals surface area contributed by atoms with Crippen LogP contribution in [-0.4, -0.2) is 18.1 Å². The lowest BCUT2D eigenvalue weighted by Gasteiger charge is -2.11. The van der Waals surface area contributed by atoms with Crippen molar-refractivity contribution in [1.29, 1.82) is 0 Å². The van der Waals surface area contributed by atoms with Crippen molar-refractivity contribution in [3.8, 4) is 0 Å². The monoisotopic (exact) mass is 410 g/mol. The van der Waals surface area contributed by atoms with Crippen molar-refractivity contribution in [2.75, 3.05) is 12.4 Å². The normalized spacial score (nSPS) is 12.1. The highest BCUT2D eigenvalue weighted by Gasteiger charge is 2.32. The number of ether oxygens (including phenoxy) is 1. The first-order valence-electron chi connectivity index (χ1n) is 6.98. The average molecular weight is 411 g/mol. The van der Waals surface area contributed by atoms with Crippen molar-refractivity contribution in [3.63, 3.8) is 0 Å². The van der Waals surface area contributed by atoms with Gasteiger partial charge in [-0.3, -0.25) is 4.98 Å². The van der Waals surface area contributed by atoms with Gasteiger partial charge in [0.1, 0.15) is 5.57 Å². The molecule has 0 amide bonds. The quantitative estimate of drug-likeness (QED) is 0.340. The van der Waals surface area contributed by atoms with E-state index in [1.807, 2.05) is 0 Å². The molecule has 144 valence electrons. The van der Waals surface area contributed by atoms with Gasteiger partial charge in [0.25, 0.3) is 0 Å². The minimum Gasteiger partial charge on any atom is -0.465 e. The van der Waals surface area contributed by atoms with Gasteiger partial charge in [-0.15, -0.1) is 0 Å². The molecule has 0 unspecified atom stereocenters. The fourth-order valence-corrected chi connectivity index (χ4v) is 2.18. The minimum absolute atomic E-state index is 0.396. The van der Waals surface area contributed by atoms with Crippen molar-refractivity contribution < 1.29 is 35.9 Å². The molecule has 0 atom stereocenters. The van der Waals surface area contributed by atoms with E-state index in [4.69, 9.17) is 11.6 Å². The molecule has 27 heavy (non-hydrogen) atoms. The van der Waals surface area contributed by atoms with Gasteiger partial charge in [0.15, 0.2) is 17.5 Å². The summed E-state index contributed by atoms with van der Waals surface area (Å²) in [6.07, 6.45) is -3.48. The van der Waals surface area contributed by atoms with Crippen LogP contribution in [0.3, 0.4) is 0 Å². The van der Waals surface area contributed by atoms with Gasteiger partial charge in [0.05, 0.1) is 29.1 Å². The van der Waals surface area contributed by atoms with Crippen LogP contribution < -0.4 is 5.32 Å². The van der Waals surface area contributed by atoms with Crippen LogP contribution in [0.5, 0.6) is 0 Å². The van der Waals surface area contributed by atoms with Crippen LogP contribution >= 0.6 is 11.6 Å². The number of aromatic nitrogens is 1. The number of alkyl halides is 3. The lowest BCUT2D eigenvalue weighted by molar-refractivity contribution is -0.137. The standard InChI is InChI=1S/C16H9ClF6N2O2/c1-27-15(26)8(6-24-11-3-2-10(18)12(19)13(11)20)14-9(17)4-7(5-25-14)16(21,22)23/h2-6,24H,1H3. The summed E-state index contributed by atoms with van der Waals surface area (Å²) in [5, 5.41) is 1.67. The maximum atomic E-state index is 13.7. The first-order valence-corrected chi connectivity index (χ1v) is 7.35. The smallest absolute Gasteiger partial charge is 0.417 e. The number of nitrogens with one attached hydrogen (secondary N) is 1. The molecule has 1 N–H and O–H groups in total. The van der Waals surface area contributed by atoms with Crippen LogP contribution in [0.25, 0.3) is 5.57 Å². The Labute approximate surface area is 153 Å². The number of hydrogen-bond acceptors (Lipinski definition) is 4.